The van der Waals surface area contributed by atoms with Gasteiger partial charge in [-0.3, -0.25) is 9.59 Å². The number of benzene rings is 1. The topological polar surface area (TPSA) is 62.3 Å². The Kier molecular flexibility index (Phi) is 3.00. The molecule has 0 aliphatic carbocycles. The largest absolute Gasteiger partial charge is 0.310 e. The smallest absolute Gasteiger partial charge is 0.259 e. The molecule has 1 aromatic carbocycles. The fraction of sp³-hybridized carbons (Fsp3) is 0.188. The molecule has 4 rings (SSSR count). The molecular formula is C16H12BrN3O2. The summed E-state index contributed by atoms with van der Waals surface area (Å²) < 4.78 is 0.952. The maximum Gasteiger partial charge on any atom is 0.259 e. The highest BCUT2D eigenvalue weighted by Gasteiger charge is 2.27. The number of rotatable bonds is 1. The van der Waals surface area contributed by atoms with E-state index in [1.165, 1.54) is 11.8 Å². The summed E-state index contributed by atoms with van der Waals surface area (Å²) in [5.74, 6) is 0.403. The van der Waals surface area contributed by atoms with E-state index >= 15 is 0 Å². The quantitative estimate of drug-likeness (QED) is 0.852. The maximum absolute atomic E-state index is 12.8. The molecule has 0 radical (unpaired) electrons. The van der Waals surface area contributed by atoms with Crippen molar-refractivity contribution in [2.45, 2.75) is 12.8 Å². The van der Waals surface area contributed by atoms with Crippen molar-refractivity contribution in [1.29, 1.82) is 0 Å². The first-order valence-corrected chi connectivity index (χ1v) is 7.80. The number of amides is 2. The van der Waals surface area contributed by atoms with Crippen LogP contribution in [0, 0.1) is 0 Å². The molecule has 0 bridgehead atoms. The van der Waals surface area contributed by atoms with Gasteiger partial charge in [0.15, 0.2) is 0 Å². The van der Waals surface area contributed by atoms with Gasteiger partial charge >= 0.3 is 0 Å². The first-order valence-electron chi connectivity index (χ1n) is 7.01. The van der Waals surface area contributed by atoms with Crippen LogP contribution in [0.15, 0.2) is 34.9 Å². The first kappa shape index (κ1) is 13.5. The van der Waals surface area contributed by atoms with Gasteiger partial charge in [-0.25, -0.2) is 4.98 Å². The monoisotopic (exact) mass is 357 g/mol. The van der Waals surface area contributed by atoms with Crippen LogP contribution in [0.3, 0.4) is 0 Å². The van der Waals surface area contributed by atoms with Crippen molar-refractivity contribution in [1.82, 2.24) is 4.98 Å². The summed E-state index contributed by atoms with van der Waals surface area (Å²) in [5.41, 5.74) is 3.41. The molecule has 6 heteroatoms. The minimum Gasteiger partial charge on any atom is -0.310 e. The van der Waals surface area contributed by atoms with Crippen LogP contribution in [0.4, 0.5) is 11.5 Å². The molecular weight excluding hydrogens is 346 g/mol. The second-order valence-corrected chi connectivity index (χ2v) is 6.35. The van der Waals surface area contributed by atoms with E-state index in [1.807, 2.05) is 18.2 Å². The number of carbonyl (C=O) groups excluding carboxylic acids is 2. The summed E-state index contributed by atoms with van der Waals surface area (Å²) in [7, 11) is 0. The summed E-state index contributed by atoms with van der Waals surface area (Å²) in [5, 5.41) is 2.68. The molecule has 1 N–H and O–H groups in total. The van der Waals surface area contributed by atoms with Gasteiger partial charge < -0.3 is 10.2 Å². The maximum atomic E-state index is 12.8. The van der Waals surface area contributed by atoms with Gasteiger partial charge in [0, 0.05) is 28.5 Å². The average molecular weight is 358 g/mol. The molecule has 2 aliphatic rings. The fourth-order valence-electron chi connectivity index (χ4n) is 2.94. The highest BCUT2D eigenvalue weighted by atomic mass is 79.9. The van der Waals surface area contributed by atoms with E-state index in [2.05, 4.69) is 26.2 Å². The molecule has 0 saturated heterocycles. The van der Waals surface area contributed by atoms with Crippen LogP contribution in [0.2, 0.25) is 0 Å². The third-order valence-corrected chi connectivity index (χ3v) is 4.50. The number of fused-ring (bicyclic) bond motifs is 2. The van der Waals surface area contributed by atoms with E-state index in [1.54, 1.807) is 11.0 Å². The number of hydrogen-bond donors (Lipinski definition) is 1. The minimum absolute atomic E-state index is 0.0773. The number of hydrogen-bond acceptors (Lipinski definition) is 3. The van der Waals surface area contributed by atoms with Crippen LogP contribution in [0.1, 0.15) is 21.5 Å². The zero-order chi connectivity index (χ0) is 15.3. The molecule has 0 fully saturated rings. The van der Waals surface area contributed by atoms with Crippen molar-refractivity contribution in [2.75, 3.05) is 16.8 Å². The Morgan fingerprint density at radius 3 is 3.00 bits per heavy atom. The highest BCUT2D eigenvalue weighted by molar-refractivity contribution is 9.10. The summed E-state index contributed by atoms with van der Waals surface area (Å²) in [6, 6.07) is 7.75. The molecule has 0 unspecified atom stereocenters. The third kappa shape index (κ3) is 2.11. The Balaban J connectivity index is 1.68. The number of halogens is 1. The number of aromatic nitrogens is 1. The van der Waals surface area contributed by atoms with E-state index in [4.69, 9.17) is 0 Å². The summed E-state index contributed by atoms with van der Waals surface area (Å²) >= 11 is 3.45. The van der Waals surface area contributed by atoms with Crippen LogP contribution in [-0.4, -0.2) is 23.3 Å². The number of anilines is 2. The number of nitrogens with zero attached hydrogens (tertiary/aromatic N) is 2. The molecule has 5 nitrogen and oxygen atoms in total. The van der Waals surface area contributed by atoms with Gasteiger partial charge in [-0.05, 0) is 30.2 Å². The average Bonchev–Trinajstić information content (AvgIpc) is 3.07. The molecule has 3 heterocycles. The molecule has 0 saturated carbocycles. The van der Waals surface area contributed by atoms with Crippen LogP contribution < -0.4 is 10.2 Å². The van der Waals surface area contributed by atoms with Crippen LogP contribution >= 0.6 is 15.9 Å². The molecule has 22 heavy (non-hydrogen) atoms. The Labute approximate surface area is 135 Å². The SMILES string of the molecule is O=C1Cc2cc(C(=O)N3CCc4ccc(Br)cc43)cnc2N1. The lowest BCUT2D eigenvalue weighted by atomic mass is 10.1. The second kappa shape index (κ2) is 4.91. The third-order valence-electron chi connectivity index (χ3n) is 4.01. The van der Waals surface area contributed by atoms with E-state index in [0.717, 1.165) is 22.1 Å². The minimum atomic E-state index is -0.0810. The normalized spacial score (nSPS) is 15.5. The van der Waals surface area contributed by atoms with Crippen molar-refractivity contribution < 1.29 is 9.59 Å². The van der Waals surface area contributed by atoms with Crippen molar-refractivity contribution in [3.05, 3.63) is 51.6 Å². The fourth-order valence-corrected chi connectivity index (χ4v) is 3.29. The second-order valence-electron chi connectivity index (χ2n) is 5.44. The van der Waals surface area contributed by atoms with Crippen molar-refractivity contribution in [3.63, 3.8) is 0 Å². The van der Waals surface area contributed by atoms with Crippen molar-refractivity contribution in [2.24, 2.45) is 0 Å². The number of pyridine rings is 1. The Morgan fingerprint density at radius 2 is 2.14 bits per heavy atom. The molecule has 1 aromatic heterocycles. The molecule has 2 aliphatic heterocycles. The lowest BCUT2D eigenvalue weighted by molar-refractivity contribution is -0.115. The summed E-state index contributed by atoms with van der Waals surface area (Å²) in [6.45, 7) is 0.666. The van der Waals surface area contributed by atoms with Gasteiger partial charge in [0.25, 0.3) is 5.91 Å². The zero-order valence-electron chi connectivity index (χ0n) is 11.6. The van der Waals surface area contributed by atoms with Gasteiger partial charge in [0.2, 0.25) is 5.91 Å². The van der Waals surface area contributed by atoms with Crippen molar-refractivity contribution >= 4 is 39.2 Å². The molecule has 0 spiro atoms. The number of carbonyl (C=O) groups is 2. The van der Waals surface area contributed by atoms with Crippen LogP contribution in [-0.2, 0) is 17.6 Å². The molecule has 110 valence electrons. The lowest BCUT2D eigenvalue weighted by Gasteiger charge is -2.17. The van der Waals surface area contributed by atoms with E-state index < -0.39 is 0 Å². The van der Waals surface area contributed by atoms with Gasteiger partial charge in [-0.1, -0.05) is 22.0 Å². The Bertz CT molecular complexity index is 819. The van der Waals surface area contributed by atoms with Gasteiger partial charge in [0.05, 0.1) is 12.0 Å². The molecule has 0 atom stereocenters. The van der Waals surface area contributed by atoms with Gasteiger partial charge in [-0.2, -0.15) is 0 Å². The van der Waals surface area contributed by atoms with Crippen LogP contribution in [0.5, 0.6) is 0 Å². The Hall–Kier alpha value is -2.21. The van der Waals surface area contributed by atoms with Gasteiger partial charge in [0.1, 0.15) is 5.82 Å². The lowest BCUT2D eigenvalue weighted by Crippen LogP contribution is -2.29. The summed E-state index contributed by atoms with van der Waals surface area (Å²) in [6.07, 6.45) is 2.67. The first-order chi connectivity index (χ1) is 10.6. The van der Waals surface area contributed by atoms with Gasteiger partial charge in [-0.15, -0.1) is 0 Å². The number of nitrogens with one attached hydrogen (secondary N) is 1. The predicted molar refractivity (Wildman–Crippen MR) is 86.1 cm³/mol. The van der Waals surface area contributed by atoms with Crippen LogP contribution in [0.25, 0.3) is 0 Å². The van der Waals surface area contributed by atoms with Crippen molar-refractivity contribution in [3.8, 4) is 0 Å². The van der Waals surface area contributed by atoms with E-state index in [9.17, 15) is 9.59 Å². The standard InChI is InChI=1S/C16H12BrN3O2/c17-12-2-1-9-3-4-20(13(9)7-12)16(22)11-5-10-6-14(21)19-15(10)18-8-11/h1-2,5,7-8H,3-4,6H2,(H,18,19,21). The summed E-state index contributed by atoms with van der Waals surface area (Å²) in [4.78, 5) is 30.1. The molecule has 2 amide bonds. The predicted octanol–water partition coefficient (Wildman–Crippen LogP) is 2.54. The van der Waals surface area contributed by atoms with E-state index in [-0.39, 0.29) is 18.2 Å². The molecule has 2 aromatic rings. The van der Waals surface area contributed by atoms with E-state index in [0.29, 0.717) is 17.9 Å². The highest BCUT2D eigenvalue weighted by Crippen LogP contribution is 2.32. The zero-order valence-corrected chi connectivity index (χ0v) is 13.2. The Morgan fingerprint density at radius 1 is 1.27 bits per heavy atom.